The summed E-state index contributed by atoms with van der Waals surface area (Å²) in [5, 5.41) is 2.67. The average molecular weight is 447 g/mol. The monoisotopic (exact) mass is 447 g/mol. The summed E-state index contributed by atoms with van der Waals surface area (Å²) < 4.78 is 17.9. The first-order valence-electron chi connectivity index (χ1n) is 10.3. The second-order valence-corrected chi connectivity index (χ2v) is 7.48. The van der Waals surface area contributed by atoms with Crippen LogP contribution in [-0.2, 0) is 18.4 Å². The van der Waals surface area contributed by atoms with Gasteiger partial charge in [-0.1, -0.05) is 0 Å². The highest BCUT2D eigenvalue weighted by Gasteiger charge is 2.23. The lowest BCUT2D eigenvalue weighted by atomic mass is 10.1. The number of aromatic nitrogens is 2. The molecule has 2 aromatic rings. The van der Waals surface area contributed by atoms with Crippen molar-refractivity contribution < 1.29 is 19.0 Å². The first kappa shape index (κ1) is 23.0. The minimum absolute atomic E-state index is 0.100. The van der Waals surface area contributed by atoms with Crippen molar-refractivity contribution in [2.75, 3.05) is 50.4 Å². The van der Waals surface area contributed by atoms with E-state index in [1.54, 1.807) is 12.1 Å². The zero-order valence-electron chi connectivity index (χ0n) is 18.8. The summed E-state index contributed by atoms with van der Waals surface area (Å²) in [5.74, 6) is 0.629. The van der Waals surface area contributed by atoms with E-state index in [4.69, 9.17) is 19.9 Å². The molecule has 174 valence electrons. The van der Waals surface area contributed by atoms with Crippen molar-refractivity contribution in [2.24, 2.45) is 7.05 Å². The van der Waals surface area contributed by atoms with Gasteiger partial charge in [0.25, 0.3) is 5.56 Å². The van der Waals surface area contributed by atoms with Crippen LogP contribution in [0, 0.1) is 0 Å². The van der Waals surface area contributed by atoms with Gasteiger partial charge in [-0.3, -0.25) is 14.2 Å². The Kier molecular flexibility index (Phi) is 6.96. The second kappa shape index (κ2) is 9.67. The molecular weight excluding hydrogens is 418 g/mol. The van der Waals surface area contributed by atoms with Gasteiger partial charge in [0.05, 0.1) is 21.3 Å². The normalized spacial score (nSPS) is 13.6. The van der Waals surface area contributed by atoms with E-state index >= 15 is 0 Å². The maximum atomic E-state index is 13.1. The van der Waals surface area contributed by atoms with Gasteiger partial charge in [0.2, 0.25) is 11.7 Å². The molecule has 32 heavy (non-hydrogen) atoms. The van der Waals surface area contributed by atoms with Crippen LogP contribution in [0.5, 0.6) is 17.2 Å². The molecule has 0 bridgehead atoms. The van der Waals surface area contributed by atoms with Crippen LogP contribution in [0.25, 0.3) is 0 Å². The molecule has 11 heteroatoms. The van der Waals surface area contributed by atoms with Gasteiger partial charge in [0.15, 0.2) is 11.5 Å². The van der Waals surface area contributed by atoms with E-state index in [1.807, 2.05) is 4.90 Å². The summed E-state index contributed by atoms with van der Waals surface area (Å²) in [6, 6.07) is 3.12. The third-order valence-electron chi connectivity index (χ3n) is 5.49. The number of hydrogen-bond acceptors (Lipinski definition) is 8. The number of ether oxygens (including phenoxy) is 3. The number of anilines is 3. The highest BCUT2D eigenvalue weighted by molar-refractivity contribution is 5.91. The number of carbonyl (C=O) groups is 1. The van der Waals surface area contributed by atoms with Crippen molar-refractivity contribution in [3.05, 3.63) is 33.0 Å². The fraction of sp³-hybridized carbons (Fsp3) is 0.476. The standard InChI is InChI=1S/C21H29N5O6/c1-24-19(22)17(25-8-6-5-7-9-25)20(28)26(21(24)29)12-16(27)23-13-10-14(30-2)18(32-4)15(11-13)31-3/h10-11H,5-9,12,22H2,1-4H3,(H,23,27). The summed E-state index contributed by atoms with van der Waals surface area (Å²) in [6.45, 7) is 0.883. The van der Waals surface area contributed by atoms with Crippen LogP contribution >= 0.6 is 0 Å². The van der Waals surface area contributed by atoms with E-state index in [0.29, 0.717) is 36.0 Å². The molecule has 1 fully saturated rings. The zero-order valence-corrected chi connectivity index (χ0v) is 18.8. The van der Waals surface area contributed by atoms with Crippen LogP contribution in [-0.4, -0.2) is 49.5 Å². The molecule has 2 heterocycles. The Hall–Kier alpha value is -3.63. The number of amides is 1. The minimum atomic E-state index is -0.659. The zero-order chi connectivity index (χ0) is 23.4. The fourth-order valence-electron chi connectivity index (χ4n) is 3.82. The third kappa shape index (κ3) is 4.36. The number of nitrogens with one attached hydrogen (secondary N) is 1. The molecule has 0 unspecified atom stereocenters. The molecule has 1 aromatic carbocycles. The fourth-order valence-corrected chi connectivity index (χ4v) is 3.82. The average Bonchev–Trinajstić information content (AvgIpc) is 2.80. The van der Waals surface area contributed by atoms with Gasteiger partial charge in [0, 0.05) is 38.0 Å². The van der Waals surface area contributed by atoms with Gasteiger partial charge < -0.3 is 30.2 Å². The summed E-state index contributed by atoms with van der Waals surface area (Å²) in [5.41, 5.74) is 5.48. The Morgan fingerprint density at radius 1 is 1.03 bits per heavy atom. The van der Waals surface area contributed by atoms with Crippen LogP contribution in [0.2, 0.25) is 0 Å². The molecule has 0 spiro atoms. The Bertz CT molecular complexity index is 1090. The minimum Gasteiger partial charge on any atom is -0.493 e. The third-order valence-corrected chi connectivity index (χ3v) is 5.49. The number of nitrogens with zero attached hydrogens (tertiary/aromatic N) is 3. The predicted molar refractivity (Wildman–Crippen MR) is 121 cm³/mol. The molecule has 3 N–H and O–H groups in total. The Balaban J connectivity index is 1.92. The van der Waals surface area contributed by atoms with Crippen LogP contribution < -0.4 is 41.4 Å². The van der Waals surface area contributed by atoms with Gasteiger partial charge in [-0.05, 0) is 19.3 Å². The van der Waals surface area contributed by atoms with E-state index in [-0.39, 0.29) is 11.5 Å². The van der Waals surface area contributed by atoms with Crippen molar-refractivity contribution >= 4 is 23.1 Å². The van der Waals surface area contributed by atoms with Crippen molar-refractivity contribution in [1.82, 2.24) is 9.13 Å². The first-order valence-corrected chi connectivity index (χ1v) is 10.3. The molecule has 0 saturated carbocycles. The molecule has 1 aliphatic rings. The molecule has 0 aliphatic carbocycles. The number of rotatable bonds is 7. The number of hydrogen-bond donors (Lipinski definition) is 2. The van der Waals surface area contributed by atoms with E-state index in [1.165, 1.54) is 32.9 Å². The first-order chi connectivity index (χ1) is 15.3. The molecule has 1 aromatic heterocycles. The molecular formula is C21H29N5O6. The smallest absolute Gasteiger partial charge is 0.332 e. The summed E-state index contributed by atoms with van der Waals surface area (Å²) in [6.07, 6.45) is 2.94. The molecule has 1 aliphatic heterocycles. The lowest BCUT2D eigenvalue weighted by molar-refractivity contribution is -0.116. The predicted octanol–water partition coefficient (Wildman–Crippen LogP) is 0.784. The maximum absolute atomic E-state index is 13.1. The highest BCUT2D eigenvalue weighted by Crippen LogP contribution is 2.39. The number of nitrogen functional groups attached to an aromatic ring is 1. The number of methoxy groups -OCH3 is 3. The van der Waals surface area contributed by atoms with E-state index < -0.39 is 23.7 Å². The summed E-state index contributed by atoms with van der Waals surface area (Å²) in [4.78, 5) is 40.5. The lowest BCUT2D eigenvalue weighted by Crippen LogP contribution is -2.46. The molecule has 0 radical (unpaired) electrons. The molecule has 1 amide bonds. The van der Waals surface area contributed by atoms with Crippen LogP contribution in [0.1, 0.15) is 19.3 Å². The number of carbonyl (C=O) groups excluding carboxylic acids is 1. The number of piperidine rings is 1. The van der Waals surface area contributed by atoms with E-state index in [0.717, 1.165) is 23.8 Å². The number of nitrogens with two attached hydrogens (primary N) is 1. The van der Waals surface area contributed by atoms with E-state index in [2.05, 4.69) is 5.32 Å². The maximum Gasteiger partial charge on any atom is 0.332 e. The van der Waals surface area contributed by atoms with Gasteiger partial charge in [-0.2, -0.15) is 0 Å². The van der Waals surface area contributed by atoms with Crippen molar-refractivity contribution in [2.45, 2.75) is 25.8 Å². The quantitative estimate of drug-likeness (QED) is 0.637. The van der Waals surface area contributed by atoms with Crippen LogP contribution in [0.4, 0.5) is 17.2 Å². The van der Waals surface area contributed by atoms with Crippen molar-refractivity contribution in [3.8, 4) is 17.2 Å². The number of benzene rings is 1. The molecule has 11 nitrogen and oxygen atoms in total. The van der Waals surface area contributed by atoms with Gasteiger partial charge >= 0.3 is 5.69 Å². The Morgan fingerprint density at radius 2 is 1.62 bits per heavy atom. The second-order valence-electron chi connectivity index (χ2n) is 7.48. The lowest BCUT2D eigenvalue weighted by Gasteiger charge is -2.29. The van der Waals surface area contributed by atoms with Gasteiger partial charge in [-0.15, -0.1) is 0 Å². The SMILES string of the molecule is COc1cc(NC(=O)Cn2c(=O)c(N3CCCCC3)c(N)n(C)c2=O)cc(OC)c1OC. The molecule has 3 rings (SSSR count). The van der Waals surface area contributed by atoms with Crippen LogP contribution in [0.3, 0.4) is 0 Å². The summed E-state index contributed by atoms with van der Waals surface area (Å²) >= 11 is 0. The van der Waals surface area contributed by atoms with Gasteiger partial charge in [0.1, 0.15) is 18.1 Å². The molecule has 1 saturated heterocycles. The van der Waals surface area contributed by atoms with Crippen molar-refractivity contribution in [3.63, 3.8) is 0 Å². The molecule has 0 atom stereocenters. The van der Waals surface area contributed by atoms with Gasteiger partial charge in [-0.25, -0.2) is 9.36 Å². The topological polar surface area (TPSA) is 130 Å². The largest absolute Gasteiger partial charge is 0.493 e. The Morgan fingerprint density at radius 3 is 2.16 bits per heavy atom. The summed E-state index contributed by atoms with van der Waals surface area (Å²) in [7, 11) is 5.88. The highest BCUT2D eigenvalue weighted by atomic mass is 16.5. The Labute approximate surface area is 185 Å². The van der Waals surface area contributed by atoms with E-state index in [9.17, 15) is 14.4 Å². The van der Waals surface area contributed by atoms with Crippen LogP contribution in [0.15, 0.2) is 21.7 Å². The van der Waals surface area contributed by atoms with Crippen molar-refractivity contribution in [1.29, 1.82) is 0 Å².